The fraction of sp³-hybridized carbons (Fsp3) is 0. The number of hydrogen-bond donors (Lipinski definition) is 1. The van der Waals surface area contributed by atoms with Gasteiger partial charge in [-0.05, 0) is 18.2 Å². The summed E-state index contributed by atoms with van der Waals surface area (Å²) in [5.41, 5.74) is 5.41. The van der Waals surface area contributed by atoms with Gasteiger partial charge in [-0.3, -0.25) is 0 Å². The van der Waals surface area contributed by atoms with Crippen molar-refractivity contribution in [2.75, 3.05) is 5.73 Å². The van der Waals surface area contributed by atoms with Gasteiger partial charge in [0, 0.05) is 28.4 Å². The highest BCUT2D eigenvalue weighted by Gasteiger charge is 2.11. The summed E-state index contributed by atoms with van der Waals surface area (Å²) in [6.45, 7) is 0. The number of anilines is 1. The van der Waals surface area contributed by atoms with E-state index in [4.69, 9.17) is 17.3 Å². The summed E-state index contributed by atoms with van der Waals surface area (Å²) in [6, 6.07) is 4.94. The summed E-state index contributed by atoms with van der Waals surface area (Å²) >= 11 is 5.72. The van der Waals surface area contributed by atoms with Crippen molar-refractivity contribution in [2.45, 2.75) is 0 Å². The molecule has 2 N–H and O–H groups in total. The van der Waals surface area contributed by atoms with Gasteiger partial charge >= 0.3 is 0 Å². The van der Waals surface area contributed by atoms with Crippen LogP contribution in [0.4, 0.5) is 14.6 Å². The van der Waals surface area contributed by atoms with Gasteiger partial charge in [-0.15, -0.1) is 0 Å². The van der Waals surface area contributed by atoms with E-state index in [1.54, 1.807) is 0 Å². The summed E-state index contributed by atoms with van der Waals surface area (Å²) in [5.74, 6) is -1.15. The van der Waals surface area contributed by atoms with E-state index in [1.165, 1.54) is 24.4 Å². The van der Waals surface area contributed by atoms with Crippen LogP contribution < -0.4 is 5.73 Å². The first kappa shape index (κ1) is 10.8. The molecule has 5 heteroatoms. The van der Waals surface area contributed by atoms with Crippen LogP contribution in [0.1, 0.15) is 0 Å². The average Bonchev–Trinajstić information content (AvgIpc) is 2.22. The van der Waals surface area contributed by atoms with Crippen LogP contribution in [0.2, 0.25) is 5.02 Å². The molecule has 0 aliphatic heterocycles. The fourth-order valence-corrected chi connectivity index (χ4v) is 1.52. The van der Waals surface area contributed by atoms with Crippen molar-refractivity contribution < 1.29 is 8.78 Å². The standard InChI is InChI=1S/C11H7ClF2N2/c12-6-1-2-9(13)7(3-6)8-5-16-11(15)4-10(8)14/h1-5H,(H2,15,16). The van der Waals surface area contributed by atoms with E-state index in [0.29, 0.717) is 5.02 Å². The van der Waals surface area contributed by atoms with Crippen LogP contribution in [0.15, 0.2) is 30.5 Å². The van der Waals surface area contributed by atoms with Crippen LogP contribution >= 0.6 is 11.6 Å². The third-order valence-corrected chi connectivity index (χ3v) is 2.33. The highest BCUT2D eigenvalue weighted by atomic mass is 35.5. The number of nitrogens with two attached hydrogens (primary N) is 1. The molecular weight excluding hydrogens is 234 g/mol. The Morgan fingerprint density at radius 1 is 1.06 bits per heavy atom. The Morgan fingerprint density at radius 3 is 2.50 bits per heavy atom. The Hall–Kier alpha value is -1.68. The van der Waals surface area contributed by atoms with Gasteiger partial charge < -0.3 is 5.73 Å². The molecule has 16 heavy (non-hydrogen) atoms. The Bertz CT molecular complexity index is 544. The lowest BCUT2D eigenvalue weighted by molar-refractivity contribution is 0.615. The smallest absolute Gasteiger partial charge is 0.136 e. The monoisotopic (exact) mass is 240 g/mol. The van der Waals surface area contributed by atoms with E-state index < -0.39 is 11.6 Å². The van der Waals surface area contributed by atoms with Gasteiger partial charge in [0.05, 0.1) is 0 Å². The number of benzene rings is 1. The highest BCUT2D eigenvalue weighted by molar-refractivity contribution is 6.30. The molecule has 0 bridgehead atoms. The first-order chi connectivity index (χ1) is 7.58. The molecule has 1 aromatic carbocycles. The second-order valence-corrected chi connectivity index (χ2v) is 3.65. The Labute approximate surface area is 95.7 Å². The van der Waals surface area contributed by atoms with Crippen molar-refractivity contribution in [3.05, 3.63) is 47.1 Å². The van der Waals surface area contributed by atoms with Crippen LogP contribution in [0.25, 0.3) is 11.1 Å². The first-order valence-electron chi connectivity index (χ1n) is 4.44. The molecule has 0 fully saturated rings. The van der Waals surface area contributed by atoms with Crippen molar-refractivity contribution in [3.63, 3.8) is 0 Å². The summed E-state index contributed by atoms with van der Waals surface area (Å²) in [4.78, 5) is 3.72. The third-order valence-electron chi connectivity index (χ3n) is 2.09. The van der Waals surface area contributed by atoms with E-state index in [9.17, 15) is 8.78 Å². The summed E-state index contributed by atoms with van der Waals surface area (Å²) in [5, 5.41) is 0.327. The molecule has 2 nitrogen and oxygen atoms in total. The maximum Gasteiger partial charge on any atom is 0.136 e. The van der Waals surface area contributed by atoms with Gasteiger partial charge in [0.1, 0.15) is 17.5 Å². The zero-order valence-electron chi connectivity index (χ0n) is 8.05. The van der Waals surface area contributed by atoms with Crippen LogP contribution in [0.5, 0.6) is 0 Å². The largest absolute Gasteiger partial charge is 0.384 e. The molecular formula is C11H7ClF2N2. The molecule has 1 heterocycles. The number of rotatable bonds is 1. The zero-order chi connectivity index (χ0) is 11.7. The fourth-order valence-electron chi connectivity index (χ4n) is 1.35. The van der Waals surface area contributed by atoms with Gasteiger partial charge in [0.15, 0.2) is 0 Å². The number of nitrogens with zero attached hydrogens (tertiary/aromatic N) is 1. The minimum Gasteiger partial charge on any atom is -0.384 e. The lowest BCUT2D eigenvalue weighted by Crippen LogP contribution is -1.95. The van der Waals surface area contributed by atoms with Gasteiger partial charge in [0.2, 0.25) is 0 Å². The van der Waals surface area contributed by atoms with Gasteiger partial charge in [-0.25, -0.2) is 13.8 Å². The molecule has 0 radical (unpaired) electrons. The van der Waals surface area contributed by atoms with Crippen LogP contribution in [0.3, 0.4) is 0 Å². The average molecular weight is 241 g/mol. The minimum absolute atomic E-state index is 0.0363. The highest BCUT2D eigenvalue weighted by Crippen LogP contribution is 2.28. The molecule has 0 aliphatic carbocycles. The molecule has 0 aliphatic rings. The number of aromatic nitrogens is 1. The van der Waals surface area contributed by atoms with Crippen LogP contribution in [-0.4, -0.2) is 4.98 Å². The molecule has 0 atom stereocenters. The zero-order valence-corrected chi connectivity index (χ0v) is 8.80. The Morgan fingerprint density at radius 2 is 1.81 bits per heavy atom. The molecule has 2 aromatic rings. The van der Waals surface area contributed by atoms with Crippen molar-refractivity contribution in [1.29, 1.82) is 0 Å². The SMILES string of the molecule is Nc1cc(F)c(-c2cc(Cl)ccc2F)cn1. The lowest BCUT2D eigenvalue weighted by Gasteiger charge is -2.05. The molecule has 0 unspecified atom stereocenters. The normalized spacial score (nSPS) is 10.4. The maximum atomic E-state index is 13.5. The van der Waals surface area contributed by atoms with E-state index >= 15 is 0 Å². The predicted molar refractivity (Wildman–Crippen MR) is 59.0 cm³/mol. The van der Waals surface area contributed by atoms with E-state index in [1.807, 2.05) is 0 Å². The molecule has 1 aromatic heterocycles. The van der Waals surface area contributed by atoms with Gasteiger partial charge in [-0.1, -0.05) is 11.6 Å². The molecule has 0 spiro atoms. The molecule has 0 saturated heterocycles. The molecule has 0 saturated carbocycles. The quantitative estimate of drug-likeness (QED) is 0.831. The number of hydrogen-bond acceptors (Lipinski definition) is 2. The molecule has 0 amide bonds. The second kappa shape index (κ2) is 4.06. The molecule has 82 valence electrons. The van der Waals surface area contributed by atoms with Crippen molar-refractivity contribution >= 4 is 17.4 Å². The van der Waals surface area contributed by atoms with Gasteiger partial charge in [0.25, 0.3) is 0 Å². The van der Waals surface area contributed by atoms with Crippen LogP contribution in [-0.2, 0) is 0 Å². The lowest BCUT2D eigenvalue weighted by atomic mass is 10.1. The summed E-state index contributed by atoms with van der Waals surface area (Å²) < 4.78 is 27.0. The topological polar surface area (TPSA) is 38.9 Å². The van der Waals surface area contributed by atoms with Crippen LogP contribution in [0, 0.1) is 11.6 Å². The number of nitrogen functional groups attached to an aromatic ring is 1. The van der Waals surface area contributed by atoms with E-state index in [0.717, 1.165) is 6.07 Å². The van der Waals surface area contributed by atoms with E-state index in [2.05, 4.69) is 4.98 Å². The minimum atomic E-state index is -0.631. The first-order valence-corrected chi connectivity index (χ1v) is 4.82. The summed E-state index contributed by atoms with van der Waals surface area (Å²) in [6.07, 6.45) is 1.18. The third kappa shape index (κ3) is 1.97. The predicted octanol–water partition coefficient (Wildman–Crippen LogP) is 3.26. The number of pyridine rings is 1. The molecule has 2 rings (SSSR count). The second-order valence-electron chi connectivity index (χ2n) is 3.21. The number of halogens is 3. The van der Waals surface area contributed by atoms with Crippen molar-refractivity contribution in [1.82, 2.24) is 4.98 Å². The maximum absolute atomic E-state index is 13.5. The van der Waals surface area contributed by atoms with Gasteiger partial charge in [-0.2, -0.15) is 0 Å². The Balaban J connectivity index is 2.62. The van der Waals surface area contributed by atoms with E-state index in [-0.39, 0.29) is 16.9 Å². The Kier molecular flexibility index (Phi) is 2.75. The van der Waals surface area contributed by atoms with Crippen molar-refractivity contribution in [3.8, 4) is 11.1 Å². The summed E-state index contributed by atoms with van der Waals surface area (Å²) in [7, 11) is 0. The van der Waals surface area contributed by atoms with Crippen molar-refractivity contribution in [2.24, 2.45) is 0 Å².